The zero-order valence-electron chi connectivity index (χ0n) is 14.1. The summed E-state index contributed by atoms with van der Waals surface area (Å²) in [5.41, 5.74) is -0.499. The first kappa shape index (κ1) is 17.8. The molecule has 2 atom stereocenters. The van der Waals surface area contributed by atoms with Gasteiger partial charge in [0, 0.05) is 12.6 Å². The van der Waals surface area contributed by atoms with E-state index in [9.17, 15) is 9.59 Å². The zero-order valence-corrected chi connectivity index (χ0v) is 14.1. The van der Waals surface area contributed by atoms with Gasteiger partial charge in [-0.25, -0.2) is 4.79 Å². The summed E-state index contributed by atoms with van der Waals surface area (Å²) in [6.45, 7) is 12.1. The first-order chi connectivity index (χ1) is 9.41. The maximum Gasteiger partial charge on any atom is 0.410 e. The van der Waals surface area contributed by atoms with Gasteiger partial charge >= 0.3 is 12.1 Å². The average Bonchev–Trinajstić information content (AvgIpc) is 2.28. The number of carbonyl (C=O) groups is 2. The van der Waals surface area contributed by atoms with E-state index in [0.29, 0.717) is 13.0 Å². The van der Waals surface area contributed by atoms with Crippen LogP contribution in [0, 0.1) is 11.3 Å². The van der Waals surface area contributed by atoms with Gasteiger partial charge in [-0.3, -0.25) is 4.79 Å². The number of ether oxygens (including phenoxy) is 1. The Kier molecular flexibility index (Phi) is 5.29. The number of likely N-dealkylation sites (tertiary alicyclic amines) is 1. The van der Waals surface area contributed by atoms with Crippen molar-refractivity contribution in [1.82, 2.24) is 4.90 Å². The lowest BCUT2D eigenvalue weighted by Gasteiger charge is -2.44. The number of carboxylic acids is 1. The van der Waals surface area contributed by atoms with E-state index >= 15 is 0 Å². The lowest BCUT2D eigenvalue weighted by atomic mass is 9.79. The number of carbonyl (C=O) groups excluding carboxylic acids is 1. The van der Waals surface area contributed by atoms with Gasteiger partial charge in [0.2, 0.25) is 0 Å². The van der Waals surface area contributed by atoms with Gasteiger partial charge in [0.15, 0.2) is 0 Å². The van der Waals surface area contributed by atoms with Crippen molar-refractivity contribution in [3.05, 3.63) is 0 Å². The quantitative estimate of drug-likeness (QED) is 0.865. The molecule has 1 aliphatic rings. The van der Waals surface area contributed by atoms with Crippen LogP contribution in [0.4, 0.5) is 4.79 Å². The summed E-state index contributed by atoms with van der Waals surface area (Å²) in [6, 6.07) is -0.0565. The maximum absolute atomic E-state index is 12.4. The van der Waals surface area contributed by atoms with Crippen molar-refractivity contribution in [2.45, 2.75) is 72.4 Å². The summed E-state index contributed by atoms with van der Waals surface area (Å²) in [5.74, 6) is -1.27. The van der Waals surface area contributed by atoms with Crippen molar-refractivity contribution in [1.29, 1.82) is 0 Å². The third kappa shape index (κ3) is 5.56. The molecule has 1 saturated heterocycles. The molecule has 21 heavy (non-hydrogen) atoms. The van der Waals surface area contributed by atoms with Crippen molar-refractivity contribution >= 4 is 12.1 Å². The van der Waals surface area contributed by atoms with E-state index < -0.39 is 17.5 Å². The molecule has 1 fully saturated rings. The minimum Gasteiger partial charge on any atom is -0.481 e. The normalized spacial score (nSPS) is 23.5. The van der Waals surface area contributed by atoms with Crippen molar-refractivity contribution in [3.8, 4) is 0 Å². The minimum atomic E-state index is -0.816. The van der Waals surface area contributed by atoms with Crippen LogP contribution >= 0.6 is 0 Å². The highest BCUT2D eigenvalue weighted by atomic mass is 16.6. The molecule has 2 unspecified atom stereocenters. The molecule has 1 rings (SSSR count). The fourth-order valence-electron chi connectivity index (χ4n) is 2.67. The van der Waals surface area contributed by atoms with Gasteiger partial charge in [-0.1, -0.05) is 20.8 Å². The smallest absolute Gasteiger partial charge is 0.410 e. The molecule has 1 N–H and O–H groups in total. The number of hydrogen-bond donors (Lipinski definition) is 1. The third-order valence-electron chi connectivity index (χ3n) is 3.87. The summed E-state index contributed by atoms with van der Waals surface area (Å²) in [7, 11) is 0. The van der Waals surface area contributed by atoms with E-state index in [0.717, 1.165) is 12.8 Å². The number of nitrogens with zero attached hydrogens (tertiary/aromatic N) is 1. The molecule has 0 aliphatic carbocycles. The van der Waals surface area contributed by atoms with E-state index in [-0.39, 0.29) is 17.6 Å². The Labute approximate surface area is 127 Å². The monoisotopic (exact) mass is 299 g/mol. The number of rotatable bonds is 3. The van der Waals surface area contributed by atoms with E-state index in [1.54, 1.807) is 11.8 Å². The fourth-order valence-corrected chi connectivity index (χ4v) is 2.67. The van der Waals surface area contributed by atoms with Crippen molar-refractivity contribution < 1.29 is 19.4 Å². The molecule has 0 spiro atoms. The molecule has 0 saturated carbocycles. The van der Waals surface area contributed by atoms with E-state index in [1.807, 2.05) is 20.8 Å². The number of piperidine rings is 1. The Hall–Kier alpha value is -1.26. The maximum atomic E-state index is 12.4. The van der Waals surface area contributed by atoms with Crippen molar-refractivity contribution in [2.75, 3.05) is 6.54 Å². The average molecular weight is 299 g/mol. The minimum absolute atomic E-state index is 0.0415. The van der Waals surface area contributed by atoms with Crippen LogP contribution in [-0.2, 0) is 9.53 Å². The molecule has 1 amide bonds. The van der Waals surface area contributed by atoms with Crippen LogP contribution in [-0.4, -0.2) is 40.3 Å². The van der Waals surface area contributed by atoms with Crippen LogP contribution < -0.4 is 0 Å². The van der Waals surface area contributed by atoms with Crippen LogP contribution in [0.2, 0.25) is 0 Å². The highest BCUT2D eigenvalue weighted by molar-refractivity contribution is 5.71. The summed E-state index contributed by atoms with van der Waals surface area (Å²) in [5, 5.41) is 9.09. The second kappa shape index (κ2) is 6.24. The van der Waals surface area contributed by atoms with Crippen LogP contribution in [0.1, 0.15) is 60.8 Å². The molecule has 0 aromatic rings. The number of amides is 1. The lowest BCUT2D eigenvalue weighted by Crippen LogP contribution is -2.52. The van der Waals surface area contributed by atoms with Gasteiger partial charge in [-0.05, 0) is 45.4 Å². The Morgan fingerprint density at radius 2 is 1.95 bits per heavy atom. The van der Waals surface area contributed by atoms with Crippen LogP contribution in [0.5, 0.6) is 0 Å². The van der Waals surface area contributed by atoms with Gasteiger partial charge in [0.25, 0.3) is 0 Å². The zero-order chi connectivity index (χ0) is 16.4. The predicted molar refractivity (Wildman–Crippen MR) is 81.2 cm³/mol. The number of hydrogen-bond acceptors (Lipinski definition) is 3. The molecule has 0 radical (unpaired) electrons. The van der Waals surface area contributed by atoms with Crippen molar-refractivity contribution in [2.24, 2.45) is 11.3 Å². The Morgan fingerprint density at radius 3 is 2.43 bits per heavy atom. The summed E-state index contributed by atoms with van der Waals surface area (Å²) in [4.78, 5) is 25.2. The molecule has 0 aromatic heterocycles. The third-order valence-corrected chi connectivity index (χ3v) is 3.87. The van der Waals surface area contributed by atoms with E-state index in [2.05, 4.69) is 13.8 Å². The largest absolute Gasteiger partial charge is 0.481 e. The SMILES string of the molecule is CC(CC1CCC(C)(C)CN1C(=O)OC(C)(C)C)C(=O)O. The predicted octanol–water partition coefficient (Wildman–Crippen LogP) is 3.52. The van der Waals surface area contributed by atoms with Gasteiger partial charge in [0.05, 0.1) is 5.92 Å². The molecule has 122 valence electrons. The van der Waals surface area contributed by atoms with Gasteiger partial charge < -0.3 is 14.7 Å². The topological polar surface area (TPSA) is 66.8 Å². The van der Waals surface area contributed by atoms with Gasteiger partial charge in [-0.2, -0.15) is 0 Å². The summed E-state index contributed by atoms with van der Waals surface area (Å²) < 4.78 is 5.48. The fraction of sp³-hybridized carbons (Fsp3) is 0.875. The summed E-state index contributed by atoms with van der Waals surface area (Å²) in [6.07, 6.45) is 1.95. The van der Waals surface area contributed by atoms with Gasteiger partial charge in [-0.15, -0.1) is 0 Å². The first-order valence-corrected chi connectivity index (χ1v) is 7.64. The van der Waals surface area contributed by atoms with Crippen LogP contribution in [0.15, 0.2) is 0 Å². The molecule has 5 nitrogen and oxygen atoms in total. The van der Waals surface area contributed by atoms with Crippen molar-refractivity contribution in [3.63, 3.8) is 0 Å². The second-order valence-electron chi connectivity index (χ2n) is 7.94. The number of aliphatic carboxylic acids is 1. The summed E-state index contributed by atoms with van der Waals surface area (Å²) >= 11 is 0. The molecule has 1 aliphatic heterocycles. The Morgan fingerprint density at radius 1 is 1.38 bits per heavy atom. The lowest BCUT2D eigenvalue weighted by molar-refractivity contribution is -0.142. The van der Waals surface area contributed by atoms with Crippen LogP contribution in [0.3, 0.4) is 0 Å². The Balaban J connectivity index is 2.84. The Bertz CT molecular complexity index is 398. The van der Waals surface area contributed by atoms with Crippen LogP contribution in [0.25, 0.3) is 0 Å². The van der Waals surface area contributed by atoms with Gasteiger partial charge in [0.1, 0.15) is 5.60 Å². The molecule has 1 heterocycles. The first-order valence-electron chi connectivity index (χ1n) is 7.64. The van der Waals surface area contributed by atoms with E-state index in [4.69, 9.17) is 9.84 Å². The highest BCUT2D eigenvalue weighted by Gasteiger charge is 2.38. The number of carboxylic acid groups (broad SMARTS) is 1. The second-order valence-corrected chi connectivity index (χ2v) is 7.94. The highest BCUT2D eigenvalue weighted by Crippen LogP contribution is 2.35. The molecule has 0 bridgehead atoms. The molecular formula is C16H29NO4. The van der Waals surface area contributed by atoms with E-state index in [1.165, 1.54) is 0 Å². The molecule has 0 aromatic carbocycles. The standard InChI is InChI=1S/C16H29NO4/c1-11(13(18)19)9-12-7-8-16(5,6)10-17(12)14(20)21-15(2,3)4/h11-12H,7-10H2,1-6H3,(H,18,19). The molecule has 5 heteroatoms. The molecular weight excluding hydrogens is 270 g/mol.